The number of nitrogens with zero attached hydrogens (tertiary/aromatic N) is 4. The van der Waals surface area contributed by atoms with Gasteiger partial charge < -0.3 is 5.11 Å². The SMILES string of the molecule is Oc1cc2nc3ccccc3cc2c2c1nnn2Cl. The average molecular weight is 271 g/mol. The number of aromatic nitrogens is 4. The Kier molecular flexibility index (Phi) is 1.97. The summed E-state index contributed by atoms with van der Waals surface area (Å²) < 4.78 is 1.13. The fourth-order valence-corrected chi connectivity index (χ4v) is 2.50. The number of hydrogen-bond donors (Lipinski definition) is 1. The lowest BCUT2D eigenvalue weighted by molar-refractivity contribution is 0.481. The highest BCUT2D eigenvalue weighted by molar-refractivity contribution is 6.22. The van der Waals surface area contributed by atoms with Crippen molar-refractivity contribution >= 4 is 44.6 Å². The topological polar surface area (TPSA) is 63.8 Å². The van der Waals surface area contributed by atoms with E-state index in [9.17, 15) is 5.11 Å². The van der Waals surface area contributed by atoms with E-state index in [-0.39, 0.29) is 5.75 Å². The molecule has 4 aromatic rings. The van der Waals surface area contributed by atoms with Crippen molar-refractivity contribution in [2.24, 2.45) is 0 Å². The van der Waals surface area contributed by atoms with Gasteiger partial charge in [0.25, 0.3) is 0 Å². The fraction of sp³-hybridized carbons (Fsp3) is 0. The van der Waals surface area contributed by atoms with Gasteiger partial charge in [0.2, 0.25) is 0 Å². The van der Waals surface area contributed by atoms with Crippen molar-refractivity contribution in [2.75, 3.05) is 0 Å². The van der Waals surface area contributed by atoms with Gasteiger partial charge in [0.05, 0.1) is 11.0 Å². The second-order valence-corrected chi connectivity index (χ2v) is 4.61. The number of halogens is 1. The van der Waals surface area contributed by atoms with E-state index in [0.29, 0.717) is 16.6 Å². The number of phenolic OH excluding ortho intramolecular Hbond substituents is 1. The zero-order valence-electron chi connectivity index (χ0n) is 9.58. The summed E-state index contributed by atoms with van der Waals surface area (Å²) in [4.78, 5) is 4.52. The highest BCUT2D eigenvalue weighted by atomic mass is 35.5. The first kappa shape index (κ1) is 10.5. The first-order valence-corrected chi connectivity index (χ1v) is 6.01. The van der Waals surface area contributed by atoms with Crippen LogP contribution in [0.3, 0.4) is 0 Å². The minimum Gasteiger partial charge on any atom is -0.505 e. The smallest absolute Gasteiger partial charge is 0.157 e. The van der Waals surface area contributed by atoms with Gasteiger partial charge in [0.1, 0.15) is 11.3 Å². The van der Waals surface area contributed by atoms with Crippen LogP contribution in [0, 0.1) is 0 Å². The molecular weight excluding hydrogens is 264 g/mol. The molecule has 2 aromatic heterocycles. The number of aromatic hydroxyl groups is 1. The van der Waals surface area contributed by atoms with Gasteiger partial charge in [0.15, 0.2) is 5.52 Å². The first-order valence-electron chi connectivity index (χ1n) is 5.67. The monoisotopic (exact) mass is 270 g/mol. The standard InChI is InChI=1S/C13H7ClN4O/c14-18-13-8-5-7-3-1-2-4-9(7)15-10(8)6-11(19)12(13)16-17-18/h1-6,19H. The maximum Gasteiger partial charge on any atom is 0.157 e. The number of benzene rings is 2. The molecule has 0 saturated carbocycles. The summed E-state index contributed by atoms with van der Waals surface area (Å²) >= 11 is 5.98. The zero-order valence-corrected chi connectivity index (χ0v) is 10.3. The number of hydrogen-bond acceptors (Lipinski definition) is 4. The fourth-order valence-electron chi connectivity index (χ4n) is 2.29. The Morgan fingerprint density at radius 1 is 1.11 bits per heavy atom. The molecule has 0 aliphatic heterocycles. The van der Waals surface area contributed by atoms with Gasteiger partial charge in [-0.1, -0.05) is 18.2 Å². The van der Waals surface area contributed by atoms with E-state index in [0.717, 1.165) is 20.5 Å². The molecule has 92 valence electrons. The van der Waals surface area contributed by atoms with Gasteiger partial charge in [-0.3, -0.25) is 0 Å². The molecule has 0 fully saturated rings. The molecule has 4 rings (SSSR count). The van der Waals surface area contributed by atoms with Gasteiger partial charge in [-0.2, -0.15) is 4.20 Å². The Labute approximate surface area is 112 Å². The lowest BCUT2D eigenvalue weighted by Gasteiger charge is -2.03. The third-order valence-electron chi connectivity index (χ3n) is 3.16. The second kappa shape index (κ2) is 3.55. The van der Waals surface area contributed by atoms with Crippen molar-refractivity contribution in [1.29, 1.82) is 0 Å². The molecule has 0 bridgehead atoms. The summed E-state index contributed by atoms with van der Waals surface area (Å²) in [6, 6.07) is 11.3. The van der Waals surface area contributed by atoms with E-state index < -0.39 is 0 Å². The van der Waals surface area contributed by atoms with Gasteiger partial charge in [-0.15, -0.1) is 5.10 Å². The molecule has 1 N–H and O–H groups in total. The van der Waals surface area contributed by atoms with Crippen LogP contribution >= 0.6 is 11.8 Å². The van der Waals surface area contributed by atoms with Gasteiger partial charge >= 0.3 is 0 Å². The van der Waals surface area contributed by atoms with E-state index in [4.69, 9.17) is 11.8 Å². The number of fused-ring (bicyclic) bond motifs is 4. The Hall–Kier alpha value is -2.40. The molecule has 19 heavy (non-hydrogen) atoms. The molecule has 0 spiro atoms. The quantitative estimate of drug-likeness (QED) is 0.499. The molecule has 5 nitrogen and oxygen atoms in total. The van der Waals surface area contributed by atoms with E-state index in [1.807, 2.05) is 30.3 Å². The minimum absolute atomic E-state index is 0.0252. The van der Waals surface area contributed by atoms with Crippen LogP contribution in [0.15, 0.2) is 36.4 Å². The highest BCUT2D eigenvalue weighted by Crippen LogP contribution is 2.32. The summed E-state index contributed by atoms with van der Waals surface area (Å²) in [7, 11) is 0. The van der Waals surface area contributed by atoms with Gasteiger partial charge in [0, 0.05) is 28.6 Å². The number of para-hydroxylation sites is 1. The average Bonchev–Trinajstić information content (AvgIpc) is 2.80. The van der Waals surface area contributed by atoms with Crippen LogP contribution in [0.1, 0.15) is 0 Å². The summed E-state index contributed by atoms with van der Waals surface area (Å²) in [5, 5.41) is 19.3. The van der Waals surface area contributed by atoms with Crippen molar-refractivity contribution in [3.05, 3.63) is 36.4 Å². The molecule has 0 saturated heterocycles. The lowest BCUT2D eigenvalue weighted by atomic mass is 10.1. The largest absolute Gasteiger partial charge is 0.505 e. The molecule has 6 heteroatoms. The highest BCUT2D eigenvalue weighted by Gasteiger charge is 2.14. The normalized spacial score (nSPS) is 11.6. The van der Waals surface area contributed by atoms with Crippen molar-refractivity contribution in [1.82, 2.24) is 19.5 Å². The van der Waals surface area contributed by atoms with Crippen molar-refractivity contribution in [2.45, 2.75) is 0 Å². The van der Waals surface area contributed by atoms with E-state index in [2.05, 4.69) is 15.3 Å². The van der Waals surface area contributed by atoms with Crippen molar-refractivity contribution in [3.8, 4) is 5.75 Å². The van der Waals surface area contributed by atoms with Crippen LogP contribution in [-0.4, -0.2) is 24.6 Å². The summed E-state index contributed by atoms with van der Waals surface area (Å²) in [6.45, 7) is 0. The zero-order chi connectivity index (χ0) is 13.0. The Morgan fingerprint density at radius 3 is 2.84 bits per heavy atom. The molecule has 0 amide bonds. The van der Waals surface area contributed by atoms with E-state index in [1.165, 1.54) is 0 Å². The minimum atomic E-state index is 0.0252. The van der Waals surface area contributed by atoms with Crippen LogP contribution in [0.25, 0.3) is 32.8 Å². The molecule has 2 heterocycles. The van der Waals surface area contributed by atoms with Gasteiger partial charge in [-0.05, 0) is 17.3 Å². The van der Waals surface area contributed by atoms with E-state index in [1.54, 1.807) is 6.07 Å². The van der Waals surface area contributed by atoms with Gasteiger partial charge in [-0.25, -0.2) is 4.98 Å². The van der Waals surface area contributed by atoms with Crippen LogP contribution in [0.4, 0.5) is 0 Å². The first-order chi connectivity index (χ1) is 9.24. The maximum absolute atomic E-state index is 9.94. The third kappa shape index (κ3) is 1.39. The van der Waals surface area contributed by atoms with Crippen LogP contribution < -0.4 is 0 Å². The van der Waals surface area contributed by atoms with Crippen molar-refractivity contribution in [3.63, 3.8) is 0 Å². The van der Waals surface area contributed by atoms with Crippen LogP contribution in [0.2, 0.25) is 0 Å². The number of phenols is 1. The van der Waals surface area contributed by atoms with E-state index >= 15 is 0 Å². The number of rotatable bonds is 0. The summed E-state index contributed by atoms with van der Waals surface area (Å²) in [6.07, 6.45) is 0. The molecule has 0 atom stereocenters. The summed E-state index contributed by atoms with van der Waals surface area (Å²) in [5.41, 5.74) is 2.46. The third-order valence-corrected chi connectivity index (χ3v) is 3.39. The number of pyridine rings is 1. The molecular formula is C13H7ClN4O. The molecule has 2 aromatic carbocycles. The maximum atomic E-state index is 9.94. The Balaban J connectivity index is 2.31. The Morgan fingerprint density at radius 2 is 1.95 bits per heavy atom. The molecule has 0 unspecified atom stereocenters. The molecule has 0 radical (unpaired) electrons. The predicted octanol–water partition coefficient (Wildman–Crippen LogP) is 2.84. The van der Waals surface area contributed by atoms with Crippen LogP contribution in [0.5, 0.6) is 5.75 Å². The predicted molar refractivity (Wildman–Crippen MR) is 73.3 cm³/mol. The van der Waals surface area contributed by atoms with Crippen LogP contribution in [-0.2, 0) is 0 Å². The van der Waals surface area contributed by atoms with Crippen molar-refractivity contribution < 1.29 is 5.11 Å². The molecule has 0 aliphatic carbocycles. The lowest BCUT2D eigenvalue weighted by Crippen LogP contribution is -1.87. The second-order valence-electron chi connectivity index (χ2n) is 4.29. The summed E-state index contributed by atoms with van der Waals surface area (Å²) in [5.74, 6) is 0.0252. The Bertz CT molecular complexity index is 947. The molecule has 0 aliphatic rings.